The Morgan fingerprint density at radius 1 is 0.780 bits per heavy atom. The number of aromatic hydroxyl groups is 1. The van der Waals surface area contributed by atoms with Crippen molar-refractivity contribution in [1.82, 2.24) is 5.32 Å². The molecule has 0 aromatic heterocycles. The van der Waals surface area contributed by atoms with Gasteiger partial charge in [0, 0.05) is 12.5 Å². The van der Waals surface area contributed by atoms with Crippen molar-refractivity contribution < 1.29 is 44.3 Å². The lowest BCUT2D eigenvalue weighted by atomic mass is 9.89. The van der Waals surface area contributed by atoms with Crippen LogP contribution in [0.3, 0.4) is 0 Å². The zero-order valence-electron chi connectivity index (χ0n) is 27.9. The van der Waals surface area contributed by atoms with E-state index in [1.165, 1.54) is 35.4 Å². The van der Waals surface area contributed by atoms with Gasteiger partial charge in [0.1, 0.15) is 27.2 Å². The van der Waals surface area contributed by atoms with E-state index in [1.807, 2.05) is 24.3 Å². The summed E-state index contributed by atoms with van der Waals surface area (Å²) in [5.74, 6) is -6.58. The average molecular weight is 728 g/mol. The van der Waals surface area contributed by atoms with E-state index in [-0.39, 0.29) is 29.8 Å². The van der Waals surface area contributed by atoms with Gasteiger partial charge in [0.2, 0.25) is 0 Å². The molecule has 0 radical (unpaired) electrons. The van der Waals surface area contributed by atoms with Gasteiger partial charge in [-0.05, 0) is 134 Å². The molecule has 0 saturated heterocycles. The fraction of sp³-hybridized carbons (Fsp3) is 0.474. The van der Waals surface area contributed by atoms with Crippen LogP contribution in [0, 0.1) is 11.6 Å². The number of hydrogen-bond donors (Lipinski definition) is 2. The molecular formula is C38H44F7NO3S. The summed E-state index contributed by atoms with van der Waals surface area (Å²) in [4.78, 5) is 0. The highest BCUT2D eigenvalue weighted by molar-refractivity contribution is 7.91. The first-order valence-corrected chi connectivity index (χ1v) is 18.9. The number of phenolic OH excluding ortho intramolecular Hbond substituents is 1. The SMILES string of the molecule is O=S(=O)(CCCC(F)(F)C(F)(F)F)CCC(Cc1ccc(F)cc1)NCCCCCCC1=C(c2ccc(F)cc2)CCCc2cc(O)ccc21. The largest absolute Gasteiger partial charge is 0.508 e. The zero-order valence-corrected chi connectivity index (χ0v) is 28.7. The molecule has 274 valence electrons. The fourth-order valence-corrected chi connectivity index (χ4v) is 7.89. The summed E-state index contributed by atoms with van der Waals surface area (Å²) < 4.78 is 116. The van der Waals surface area contributed by atoms with E-state index in [0.717, 1.165) is 73.6 Å². The number of fused-ring (bicyclic) bond motifs is 1. The molecule has 0 saturated carbocycles. The lowest BCUT2D eigenvalue weighted by molar-refractivity contribution is -0.284. The second-order valence-electron chi connectivity index (χ2n) is 13.1. The van der Waals surface area contributed by atoms with Crippen molar-refractivity contribution in [2.75, 3.05) is 18.1 Å². The zero-order chi connectivity index (χ0) is 36.4. The molecule has 0 spiro atoms. The van der Waals surface area contributed by atoms with Crippen LogP contribution in [0.2, 0.25) is 0 Å². The van der Waals surface area contributed by atoms with Gasteiger partial charge in [0.25, 0.3) is 0 Å². The van der Waals surface area contributed by atoms with Crippen LogP contribution in [0.1, 0.15) is 86.5 Å². The van der Waals surface area contributed by atoms with E-state index < -0.39 is 46.3 Å². The molecule has 12 heteroatoms. The summed E-state index contributed by atoms with van der Waals surface area (Å²) in [5, 5.41) is 13.5. The van der Waals surface area contributed by atoms with Crippen molar-refractivity contribution in [3.05, 3.63) is 101 Å². The Bertz CT molecular complexity index is 1670. The fourth-order valence-electron chi connectivity index (χ4n) is 6.45. The third-order valence-electron chi connectivity index (χ3n) is 9.16. The van der Waals surface area contributed by atoms with Crippen molar-refractivity contribution in [2.45, 2.75) is 95.2 Å². The lowest BCUT2D eigenvalue weighted by Gasteiger charge is -2.20. The quantitative estimate of drug-likeness (QED) is 0.101. The summed E-state index contributed by atoms with van der Waals surface area (Å²) >= 11 is 0. The highest BCUT2D eigenvalue weighted by Gasteiger charge is 2.56. The molecule has 1 aliphatic carbocycles. The van der Waals surface area contributed by atoms with E-state index >= 15 is 0 Å². The van der Waals surface area contributed by atoms with Crippen LogP contribution in [0.25, 0.3) is 11.1 Å². The van der Waals surface area contributed by atoms with Gasteiger partial charge >= 0.3 is 12.1 Å². The van der Waals surface area contributed by atoms with Crippen molar-refractivity contribution >= 4 is 21.0 Å². The monoisotopic (exact) mass is 727 g/mol. The van der Waals surface area contributed by atoms with Gasteiger partial charge < -0.3 is 10.4 Å². The minimum absolute atomic E-state index is 0.116. The predicted octanol–water partition coefficient (Wildman–Crippen LogP) is 9.85. The Morgan fingerprint density at radius 3 is 2.12 bits per heavy atom. The first-order valence-electron chi connectivity index (χ1n) is 17.1. The number of nitrogens with one attached hydrogen (secondary N) is 1. The van der Waals surface area contributed by atoms with Crippen LogP contribution >= 0.6 is 0 Å². The van der Waals surface area contributed by atoms with Gasteiger partial charge in [-0.25, -0.2) is 17.2 Å². The highest BCUT2D eigenvalue weighted by atomic mass is 32.2. The maximum Gasteiger partial charge on any atom is 0.453 e. The third kappa shape index (κ3) is 11.9. The van der Waals surface area contributed by atoms with Gasteiger partial charge in [-0.15, -0.1) is 0 Å². The molecule has 2 N–H and O–H groups in total. The Labute approximate surface area is 289 Å². The van der Waals surface area contributed by atoms with Gasteiger partial charge in [-0.2, -0.15) is 22.0 Å². The summed E-state index contributed by atoms with van der Waals surface area (Å²) in [6.07, 6.45) is -0.765. The third-order valence-corrected chi connectivity index (χ3v) is 10.9. The number of halogens is 7. The number of hydrogen-bond acceptors (Lipinski definition) is 4. The normalized spacial score (nSPS) is 14.8. The topological polar surface area (TPSA) is 66.4 Å². The van der Waals surface area contributed by atoms with Gasteiger partial charge in [0.05, 0.1) is 11.5 Å². The van der Waals surface area contributed by atoms with Crippen LogP contribution in [-0.2, 0) is 22.7 Å². The maximum atomic E-state index is 13.7. The number of aryl methyl sites for hydroxylation is 1. The molecule has 4 rings (SSSR count). The van der Waals surface area contributed by atoms with Gasteiger partial charge in [-0.1, -0.05) is 43.2 Å². The second kappa shape index (κ2) is 17.7. The van der Waals surface area contributed by atoms with Crippen molar-refractivity contribution in [3.63, 3.8) is 0 Å². The molecule has 0 fully saturated rings. The molecule has 1 unspecified atom stereocenters. The van der Waals surface area contributed by atoms with Crippen LogP contribution in [-0.4, -0.2) is 49.7 Å². The molecule has 0 amide bonds. The molecule has 1 atom stereocenters. The molecule has 0 bridgehead atoms. The molecule has 3 aromatic carbocycles. The molecule has 1 aliphatic rings. The van der Waals surface area contributed by atoms with E-state index in [9.17, 15) is 44.3 Å². The van der Waals surface area contributed by atoms with Crippen LogP contribution < -0.4 is 5.32 Å². The Hall–Kier alpha value is -3.38. The van der Waals surface area contributed by atoms with Gasteiger partial charge in [0.15, 0.2) is 0 Å². The van der Waals surface area contributed by atoms with Crippen molar-refractivity contribution in [1.29, 1.82) is 0 Å². The van der Waals surface area contributed by atoms with Crippen LogP contribution in [0.15, 0.2) is 66.7 Å². The maximum absolute atomic E-state index is 13.7. The van der Waals surface area contributed by atoms with Gasteiger partial charge in [-0.3, -0.25) is 0 Å². The van der Waals surface area contributed by atoms with E-state index in [1.54, 1.807) is 18.2 Å². The predicted molar refractivity (Wildman–Crippen MR) is 183 cm³/mol. The van der Waals surface area contributed by atoms with E-state index in [2.05, 4.69) is 5.32 Å². The number of benzene rings is 3. The molecule has 50 heavy (non-hydrogen) atoms. The Balaban J connectivity index is 1.31. The summed E-state index contributed by atoms with van der Waals surface area (Å²) in [6, 6.07) is 17.5. The number of allylic oxidation sites excluding steroid dienone is 2. The number of alkyl halides is 5. The van der Waals surface area contributed by atoms with Crippen LogP contribution in [0.4, 0.5) is 30.7 Å². The van der Waals surface area contributed by atoms with Crippen molar-refractivity contribution in [2.24, 2.45) is 0 Å². The van der Waals surface area contributed by atoms with E-state index in [4.69, 9.17) is 0 Å². The second-order valence-corrected chi connectivity index (χ2v) is 15.4. The smallest absolute Gasteiger partial charge is 0.453 e. The summed E-state index contributed by atoms with van der Waals surface area (Å²) in [7, 11) is -3.89. The number of unbranched alkanes of at least 4 members (excludes halogenated alkanes) is 3. The number of rotatable bonds is 18. The standard InChI is InChI=1S/C38H44F7NO3S/c39-30-14-10-27(11-15-30)25-32(20-24-50(48,49)23-6-21-37(41,42)38(43,44)45)46-22-4-2-1-3-8-36-34(28-12-16-31(40)17-13-28)9-5-7-29-26-33(47)18-19-35(29)36/h10-19,26,32,46-47H,1-9,20-25H2. The first-order chi connectivity index (χ1) is 23.6. The molecular weight excluding hydrogens is 683 g/mol. The van der Waals surface area contributed by atoms with Crippen LogP contribution in [0.5, 0.6) is 5.75 Å². The highest BCUT2D eigenvalue weighted by Crippen LogP contribution is 2.40. The Morgan fingerprint density at radius 2 is 1.44 bits per heavy atom. The summed E-state index contributed by atoms with van der Waals surface area (Å²) in [6.45, 7) is 0.565. The molecule has 4 nitrogen and oxygen atoms in total. The molecule has 0 heterocycles. The minimum Gasteiger partial charge on any atom is -0.508 e. The van der Waals surface area contributed by atoms with E-state index in [0.29, 0.717) is 13.0 Å². The first kappa shape index (κ1) is 39.4. The van der Waals surface area contributed by atoms with Crippen molar-refractivity contribution in [3.8, 4) is 5.75 Å². The summed E-state index contributed by atoms with van der Waals surface area (Å²) in [5.41, 5.74) is 6.34. The minimum atomic E-state index is -5.73. The molecule has 0 aliphatic heterocycles. The lowest BCUT2D eigenvalue weighted by Crippen LogP contribution is -2.37. The Kier molecular flexibility index (Phi) is 14.0. The number of sulfone groups is 1. The average Bonchev–Trinajstić information content (AvgIpc) is 3.22. The number of phenols is 1. The molecule has 3 aromatic rings.